The van der Waals surface area contributed by atoms with Crippen LogP contribution in [0.15, 0.2) is 12.1 Å². The number of ether oxygens (including phenoxy) is 1. The average molecular weight is 435 g/mol. The van der Waals surface area contributed by atoms with Crippen molar-refractivity contribution < 1.29 is 13.5 Å². The van der Waals surface area contributed by atoms with Gasteiger partial charge in [0.15, 0.2) is 11.6 Å². The van der Waals surface area contributed by atoms with Crippen molar-refractivity contribution in [2.45, 2.75) is 110 Å². The molecule has 31 heavy (non-hydrogen) atoms. The van der Waals surface area contributed by atoms with Gasteiger partial charge in [0.05, 0.1) is 6.61 Å². The van der Waals surface area contributed by atoms with E-state index >= 15 is 0 Å². The summed E-state index contributed by atoms with van der Waals surface area (Å²) in [6.07, 6.45) is 16.9. The van der Waals surface area contributed by atoms with Crippen molar-refractivity contribution in [3.8, 4) is 5.75 Å². The maximum atomic E-state index is 14.6. The Labute approximate surface area is 189 Å². The Hall–Kier alpha value is -1.12. The maximum Gasteiger partial charge on any atom is 0.200 e. The molecule has 0 spiro atoms. The van der Waals surface area contributed by atoms with Gasteiger partial charge in [0.25, 0.3) is 0 Å². The minimum atomic E-state index is -0.818. The lowest BCUT2D eigenvalue weighted by Crippen LogP contribution is -2.28. The first-order valence-electron chi connectivity index (χ1n) is 13.2. The monoisotopic (exact) mass is 434 g/mol. The molecule has 2 aliphatic rings. The Morgan fingerprint density at radius 3 is 2.10 bits per heavy atom. The summed E-state index contributed by atoms with van der Waals surface area (Å²) in [6, 6.07) is 3.35. The van der Waals surface area contributed by atoms with Gasteiger partial charge in [-0.3, -0.25) is 0 Å². The minimum Gasteiger partial charge on any atom is -0.491 e. The van der Waals surface area contributed by atoms with E-state index in [1.807, 2.05) is 0 Å². The van der Waals surface area contributed by atoms with Gasteiger partial charge in [0, 0.05) is 0 Å². The van der Waals surface area contributed by atoms with Crippen molar-refractivity contribution in [1.29, 1.82) is 0 Å². The first kappa shape index (κ1) is 24.5. The summed E-state index contributed by atoms with van der Waals surface area (Å²) in [6.45, 7) is 6.88. The zero-order valence-electron chi connectivity index (χ0n) is 20.1. The van der Waals surface area contributed by atoms with Gasteiger partial charge in [0.1, 0.15) is 0 Å². The topological polar surface area (TPSA) is 9.23 Å². The maximum absolute atomic E-state index is 14.6. The highest BCUT2D eigenvalue weighted by Crippen LogP contribution is 2.45. The fraction of sp³-hybridized carbons (Fsp3) is 0.786. The van der Waals surface area contributed by atoms with Gasteiger partial charge < -0.3 is 4.74 Å². The van der Waals surface area contributed by atoms with E-state index in [9.17, 15) is 8.78 Å². The lowest BCUT2D eigenvalue weighted by atomic mass is 9.66. The Balaban J connectivity index is 1.45. The largest absolute Gasteiger partial charge is 0.491 e. The van der Waals surface area contributed by atoms with Crippen LogP contribution in [0.4, 0.5) is 8.78 Å². The molecule has 0 saturated heterocycles. The number of rotatable bonds is 10. The molecule has 0 bridgehead atoms. The summed E-state index contributed by atoms with van der Waals surface area (Å²) >= 11 is 0. The molecule has 2 aliphatic carbocycles. The van der Waals surface area contributed by atoms with Gasteiger partial charge in [-0.25, -0.2) is 4.39 Å². The van der Waals surface area contributed by atoms with E-state index in [1.165, 1.54) is 57.8 Å². The number of halogens is 2. The summed E-state index contributed by atoms with van der Waals surface area (Å²) in [4.78, 5) is 0. The van der Waals surface area contributed by atoms with Crippen LogP contribution in [0.1, 0.15) is 116 Å². The molecule has 2 saturated carbocycles. The Kier molecular flexibility index (Phi) is 9.66. The molecule has 1 unspecified atom stereocenters. The summed E-state index contributed by atoms with van der Waals surface area (Å²) in [5.74, 6) is 2.02. The SMILES string of the molecule is CCCCCCC1CCC(C(C)[C@H]2CC[C@H](c3ccc(OCC)c(F)c3F)CC2)CC1. The lowest BCUT2D eigenvalue weighted by Gasteiger charge is -2.39. The van der Waals surface area contributed by atoms with E-state index in [-0.39, 0.29) is 11.7 Å². The van der Waals surface area contributed by atoms with Gasteiger partial charge in [-0.05, 0) is 86.7 Å². The van der Waals surface area contributed by atoms with E-state index in [0.29, 0.717) is 12.2 Å². The van der Waals surface area contributed by atoms with Gasteiger partial charge >= 0.3 is 0 Å². The fourth-order valence-corrected chi connectivity index (χ4v) is 6.33. The van der Waals surface area contributed by atoms with E-state index < -0.39 is 11.6 Å². The molecular weight excluding hydrogens is 390 g/mol. The minimum absolute atomic E-state index is 0.0343. The number of hydrogen-bond acceptors (Lipinski definition) is 1. The zero-order valence-corrected chi connectivity index (χ0v) is 20.1. The second kappa shape index (κ2) is 12.2. The number of hydrogen-bond donors (Lipinski definition) is 0. The van der Waals surface area contributed by atoms with Crippen molar-refractivity contribution in [1.82, 2.24) is 0 Å². The van der Waals surface area contributed by atoms with E-state index in [2.05, 4.69) is 13.8 Å². The first-order chi connectivity index (χ1) is 15.0. The van der Waals surface area contributed by atoms with Crippen molar-refractivity contribution in [2.24, 2.45) is 23.7 Å². The summed E-state index contributed by atoms with van der Waals surface area (Å²) < 4.78 is 34.1. The lowest BCUT2D eigenvalue weighted by molar-refractivity contribution is 0.131. The molecule has 1 nitrogen and oxygen atoms in total. The van der Waals surface area contributed by atoms with Crippen LogP contribution in [-0.4, -0.2) is 6.61 Å². The van der Waals surface area contributed by atoms with Crippen LogP contribution in [0, 0.1) is 35.3 Å². The molecule has 0 aliphatic heterocycles. The third-order valence-corrected chi connectivity index (χ3v) is 8.43. The van der Waals surface area contributed by atoms with E-state index in [1.54, 1.807) is 19.1 Å². The highest BCUT2D eigenvalue weighted by molar-refractivity contribution is 5.33. The van der Waals surface area contributed by atoms with Gasteiger partial charge in [0.2, 0.25) is 5.82 Å². The van der Waals surface area contributed by atoms with Crippen LogP contribution in [0.25, 0.3) is 0 Å². The van der Waals surface area contributed by atoms with Crippen LogP contribution in [0.3, 0.4) is 0 Å². The van der Waals surface area contributed by atoms with E-state index in [0.717, 1.165) is 49.4 Å². The summed E-state index contributed by atoms with van der Waals surface area (Å²) in [5.41, 5.74) is 0.552. The molecule has 3 rings (SSSR count). The molecule has 1 aromatic rings. The summed E-state index contributed by atoms with van der Waals surface area (Å²) in [5, 5.41) is 0. The molecule has 3 heteroatoms. The zero-order chi connectivity index (χ0) is 22.2. The molecule has 176 valence electrons. The van der Waals surface area contributed by atoms with Crippen molar-refractivity contribution in [3.63, 3.8) is 0 Å². The van der Waals surface area contributed by atoms with Crippen LogP contribution in [-0.2, 0) is 0 Å². The molecule has 0 aromatic heterocycles. The van der Waals surface area contributed by atoms with Crippen LogP contribution < -0.4 is 4.74 Å². The van der Waals surface area contributed by atoms with Crippen molar-refractivity contribution in [3.05, 3.63) is 29.3 Å². The first-order valence-corrected chi connectivity index (χ1v) is 13.2. The quantitative estimate of drug-likeness (QED) is 0.334. The molecule has 0 N–H and O–H groups in total. The molecule has 0 heterocycles. The highest BCUT2D eigenvalue weighted by atomic mass is 19.2. The Bertz CT molecular complexity index is 657. The predicted molar refractivity (Wildman–Crippen MR) is 126 cm³/mol. The standard InChI is InChI=1S/C28H44F2O/c1-4-6-7-8-9-21-10-12-22(13-11-21)20(3)23-14-16-24(17-15-23)25-18-19-26(31-5-2)28(30)27(25)29/h18-24H,4-17H2,1-3H3/t20?,21?,22?,23-,24-. The van der Waals surface area contributed by atoms with Crippen LogP contribution >= 0.6 is 0 Å². The van der Waals surface area contributed by atoms with Gasteiger partial charge in [-0.15, -0.1) is 0 Å². The summed E-state index contributed by atoms with van der Waals surface area (Å²) in [7, 11) is 0. The molecular formula is C28H44F2O. The van der Waals surface area contributed by atoms with Gasteiger partial charge in [-0.2, -0.15) is 4.39 Å². The second-order valence-corrected chi connectivity index (χ2v) is 10.3. The molecule has 1 aromatic carbocycles. The van der Waals surface area contributed by atoms with E-state index in [4.69, 9.17) is 4.74 Å². The Morgan fingerprint density at radius 1 is 0.839 bits per heavy atom. The molecule has 2 fully saturated rings. The number of benzene rings is 1. The highest BCUT2D eigenvalue weighted by Gasteiger charge is 2.33. The third-order valence-electron chi connectivity index (χ3n) is 8.43. The number of unbranched alkanes of at least 4 members (excludes halogenated alkanes) is 3. The van der Waals surface area contributed by atoms with Crippen LogP contribution in [0.5, 0.6) is 5.75 Å². The molecule has 0 radical (unpaired) electrons. The molecule has 0 amide bonds. The second-order valence-electron chi connectivity index (χ2n) is 10.3. The predicted octanol–water partition coefficient (Wildman–Crippen LogP) is 9.05. The van der Waals surface area contributed by atoms with Crippen molar-refractivity contribution in [2.75, 3.05) is 6.61 Å². The fourth-order valence-electron chi connectivity index (χ4n) is 6.33. The third kappa shape index (κ3) is 6.45. The molecule has 1 atom stereocenters. The normalized spacial score (nSPS) is 27.8. The smallest absolute Gasteiger partial charge is 0.200 e. The van der Waals surface area contributed by atoms with Crippen molar-refractivity contribution >= 4 is 0 Å². The van der Waals surface area contributed by atoms with Crippen LogP contribution in [0.2, 0.25) is 0 Å². The van der Waals surface area contributed by atoms with Gasteiger partial charge in [-0.1, -0.05) is 64.9 Å². The Morgan fingerprint density at radius 2 is 1.48 bits per heavy atom. The average Bonchev–Trinajstić information content (AvgIpc) is 2.80.